The molecule has 1 saturated heterocycles. The number of rotatable bonds is 8. The number of benzene rings is 1. The van der Waals surface area contributed by atoms with Gasteiger partial charge in [0.15, 0.2) is 11.5 Å². The Morgan fingerprint density at radius 2 is 1.69 bits per heavy atom. The molecule has 0 unspecified atom stereocenters. The van der Waals surface area contributed by atoms with Crippen molar-refractivity contribution in [2.24, 2.45) is 0 Å². The minimum atomic E-state index is 0. The van der Waals surface area contributed by atoms with E-state index in [1.54, 1.807) is 21.3 Å². The molecule has 2 rings (SSSR count). The first-order valence-corrected chi connectivity index (χ1v) is 8.93. The third kappa shape index (κ3) is 5.42. The molecule has 1 aliphatic rings. The van der Waals surface area contributed by atoms with Gasteiger partial charge in [-0.2, -0.15) is 0 Å². The van der Waals surface area contributed by atoms with E-state index < -0.39 is 0 Å². The first kappa shape index (κ1) is 22.4. The molecule has 1 amide bonds. The van der Waals surface area contributed by atoms with Crippen molar-refractivity contribution in [1.82, 2.24) is 10.2 Å². The predicted molar refractivity (Wildman–Crippen MR) is 105 cm³/mol. The zero-order chi connectivity index (χ0) is 18.2. The molecule has 0 spiro atoms. The molecule has 1 fully saturated rings. The summed E-state index contributed by atoms with van der Waals surface area (Å²) in [6.07, 6.45) is 3.33. The van der Waals surface area contributed by atoms with E-state index in [0.717, 1.165) is 44.5 Å². The van der Waals surface area contributed by atoms with Crippen LogP contribution in [-0.4, -0.2) is 57.8 Å². The van der Waals surface area contributed by atoms with Crippen molar-refractivity contribution >= 4 is 18.3 Å². The Kier molecular flexibility index (Phi) is 9.59. The summed E-state index contributed by atoms with van der Waals surface area (Å²) >= 11 is 0. The maximum atomic E-state index is 12.9. The highest BCUT2D eigenvalue weighted by molar-refractivity contribution is 5.85. The number of methoxy groups -OCH3 is 3. The van der Waals surface area contributed by atoms with Crippen molar-refractivity contribution in [2.75, 3.05) is 41.0 Å². The van der Waals surface area contributed by atoms with Crippen molar-refractivity contribution < 1.29 is 19.0 Å². The lowest BCUT2D eigenvalue weighted by Crippen LogP contribution is -2.47. The standard InChI is InChI=1S/C19H30N2O4.ClH/c1-5-10-21(15-6-8-20-9-7-15)18(22)13-14-11-16(23-2)19(25-4)17(12-14)24-3;/h11-12,15,20H,5-10,13H2,1-4H3;1H. The number of amides is 1. The fraction of sp³-hybridized carbons (Fsp3) is 0.632. The molecule has 1 heterocycles. The summed E-state index contributed by atoms with van der Waals surface area (Å²) < 4.78 is 16.1. The molecule has 7 heteroatoms. The lowest BCUT2D eigenvalue weighted by Gasteiger charge is -2.34. The maximum absolute atomic E-state index is 12.9. The second-order valence-corrected chi connectivity index (χ2v) is 6.28. The summed E-state index contributed by atoms with van der Waals surface area (Å²) in [5, 5.41) is 3.36. The monoisotopic (exact) mass is 386 g/mol. The highest BCUT2D eigenvalue weighted by Gasteiger charge is 2.25. The highest BCUT2D eigenvalue weighted by Crippen LogP contribution is 2.38. The molecule has 0 bridgehead atoms. The molecule has 148 valence electrons. The van der Waals surface area contributed by atoms with Crippen LogP contribution in [0.2, 0.25) is 0 Å². The molecular weight excluding hydrogens is 356 g/mol. The molecule has 0 atom stereocenters. The van der Waals surface area contributed by atoms with Crippen molar-refractivity contribution in [1.29, 1.82) is 0 Å². The Hall–Kier alpha value is -1.66. The van der Waals surface area contributed by atoms with Gasteiger partial charge in [-0.05, 0) is 50.0 Å². The number of hydrogen-bond donors (Lipinski definition) is 1. The number of nitrogens with one attached hydrogen (secondary N) is 1. The zero-order valence-corrected chi connectivity index (χ0v) is 17.0. The van der Waals surface area contributed by atoms with Gasteiger partial charge in [-0.3, -0.25) is 4.79 Å². The Morgan fingerprint density at radius 3 is 2.15 bits per heavy atom. The van der Waals surface area contributed by atoms with Gasteiger partial charge in [-0.15, -0.1) is 12.4 Å². The molecule has 0 aliphatic carbocycles. The molecule has 0 saturated carbocycles. The van der Waals surface area contributed by atoms with E-state index in [0.29, 0.717) is 29.7 Å². The molecule has 26 heavy (non-hydrogen) atoms. The van der Waals surface area contributed by atoms with Crippen molar-refractivity contribution in [3.63, 3.8) is 0 Å². The Bertz CT molecular complexity index is 552. The molecule has 0 aromatic heterocycles. The summed E-state index contributed by atoms with van der Waals surface area (Å²) in [6.45, 7) is 4.86. The van der Waals surface area contributed by atoms with E-state index in [-0.39, 0.29) is 18.3 Å². The molecule has 1 N–H and O–H groups in total. The van der Waals surface area contributed by atoms with Gasteiger partial charge in [0, 0.05) is 12.6 Å². The van der Waals surface area contributed by atoms with Crippen LogP contribution in [0.25, 0.3) is 0 Å². The second-order valence-electron chi connectivity index (χ2n) is 6.28. The number of carbonyl (C=O) groups is 1. The van der Waals surface area contributed by atoms with E-state index in [9.17, 15) is 4.79 Å². The van der Waals surface area contributed by atoms with Gasteiger partial charge in [0.2, 0.25) is 11.7 Å². The van der Waals surface area contributed by atoms with Crippen LogP contribution >= 0.6 is 12.4 Å². The minimum absolute atomic E-state index is 0. The van der Waals surface area contributed by atoms with Crippen LogP contribution in [0.5, 0.6) is 17.2 Å². The average molecular weight is 387 g/mol. The highest BCUT2D eigenvalue weighted by atomic mass is 35.5. The Labute approximate surface area is 162 Å². The van der Waals surface area contributed by atoms with Crippen LogP contribution in [-0.2, 0) is 11.2 Å². The largest absolute Gasteiger partial charge is 0.493 e. The number of carbonyl (C=O) groups excluding carboxylic acids is 1. The third-order valence-corrected chi connectivity index (χ3v) is 4.61. The maximum Gasteiger partial charge on any atom is 0.227 e. The van der Waals surface area contributed by atoms with Crippen molar-refractivity contribution in [3.8, 4) is 17.2 Å². The fourth-order valence-electron chi connectivity index (χ4n) is 3.38. The van der Waals surface area contributed by atoms with E-state index in [1.165, 1.54) is 0 Å². The topological polar surface area (TPSA) is 60.0 Å². The van der Waals surface area contributed by atoms with Gasteiger partial charge in [0.1, 0.15) is 0 Å². The number of ether oxygens (including phenoxy) is 3. The second kappa shape index (κ2) is 11.1. The van der Waals surface area contributed by atoms with Crippen LogP contribution in [0, 0.1) is 0 Å². The summed E-state index contributed by atoms with van der Waals surface area (Å²) in [5.74, 6) is 1.86. The van der Waals surface area contributed by atoms with Gasteiger partial charge < -0.3 is 24.4 Å². The lowest BCUT2D eigenvalue weighted by atomic mass is 10.0. The summed E-state index contributed by atoms with van der Waals surface area (Å²) in [4.78, 5) is 15.0. The van der Waals surface area contributed by atoms with Gasteiger partial charge in [0.05, 0.1) is 27.8 Å². The first-order valence-electron chi connectivity index (χ1n) is 8.93. The zero-order valence-electron chi connectivity index (χ0n) is 16.2. The number of hydrogen-bond acceptors (Lipinski definition) is 5. The number of piperidine rings is 1. The number of nitrogens with zero attached hydrogens (tertiary/aromatic N) is 1. The van der Waals surface area contributed by atoms with Crippen LogP contribution in [0.1, 0.15) is 31.7 Å². The summed E-state index contributed by atoms with van der Waals surface area (Å²) in [5.41, 5.74) is 0.870. The average Bonchev–Trinajstić information content (AvgIpc) is 2.65. The molecule has 1 aromatic rings. The van der Waals surface area contributed by atoms with Gasteiger partial charge >= 0.3 is 0 Å². The van der Waals surface area contributed by atoms with Gasteiger partial charge in [0.25, 0.3) is 0 Å². The van der Waals surface area contributed by atoms with E-state index in [4.69, 9.17) is 14.2 Å². The minimum Gasteiger partial charge on any atom is -0.493 e. The van der Waals surface area contributed by atoms with Crippen LogP contribution < -0.4 is 19.5 Å². The van der Waals surface area contributed by atoms with Gasteiger partial charge in [-0.25, -0.2) is 0 Å². The van der Waals surface area contributed by atoms with Gasteiger partial charge in [-0.1, -0.05) is 6.92 Å². The lowest BCUT2D eigenvalue weighted by molar-refractivity contribution is -0.133. The van der Waals surface area contributed by atoms with E-state index in [2.05, 4.69) is 12.2 Å². The van der Waals surface area contributed by atoms with E-state index in [1.807, 2.05) is 17.0 Å². The quantitative estimate of drug-likeness (QED) is 0.744. The Morgan fingerprint density at radius 1 is 1.12 bits per heavy atom. The smallest absolute Gasteiger partial charge is 0.227 e. The fourth-order valence-corrected chi connectivity index (χ4v) is 3.38. The third-order valence-electron chi connectivity index (χ3n) is 4.61. The van der Waals surface area contributed by atoms with Crippen molar-refractivity contribution in [2.45, 2.75) is 38.6 Å². The van der Waals surface area contributed by atoms with Crippen LogP contribution in [0.15, 0.2) is 12.1 Å². The molecular formula is C19H31ClN2O4. The van der Waals surface area contributed by atoms with E-state index >= 15 is 0 Å². The van der Waals surface area contributed by atoms with Crippen LogP contribution in [0.4, 0.5) is 0 Å². The first-order chi connectivity index (χ1) is 12.1. The normalized spacial score (nSPS) is 14.3. The SMILES string of the molecule is CCCN(C(=O)Cc1cc(OC)c(OC)c(OC)c1)C1CCNCC1.Cl. The molecule has 6 nitrogen and oxygen atoms in total. The summed E-state index contributed by atoms with van der Waals surface area (Å²) in [7, 11) is 4.74. The van der Waals surface area contributed by atoms with Crippen LogP contribution in [0.3, 0.4) is 0 Å². The predicted octanol–water partition coefficient (Wildman–Crippen LogP) is 2.67. The van der Waals surface area contributed by atoms with Crippen molar-refractivity contribution in [3.05, 3.63) is 17.7 Å². The number of halogens is 1. The molecule has 1 aromatic carbocycles. The molecule has 0 radical (unpaired) electrons. The summed E-state index contributed by atoms with van der Waals surface area (Å²) in [6, 6.07) is 4.04. The molecule has 1 aliphatic heterocycles. The Balaban J connectivity index is 0.00000338.